The number of hydrogen-bond acceptors (Lipinski definition) is 3. The first-order valence-corrected chi connectivity index (χ1v) is 5.80. The standard InChI is InChI=1S/C13H18FNO3/c1-4-18-9(2)13(16)15-8-10-5-6-11(14)7-12(10)17-3/h5-7,9H,4,8H2,1-3H3,(H,15,16). The van der Waals surface area contributed by atoms with Crippen molar-refractivity contribution in [1.29, 1.82) is 0 Å². The van der Waals surface area contributed by atoms with Crippen LogP contribution in [0.2, 0.25) is 0 Å². The van der Waals surface area contributed by atoms with Gasteiger partial charge in [-0.2, -0.15) is 0 Å². The van der Waals surface area contributed by atoms with Crippen LogP contribution in [-0.4, -0.2) is 25.7 Å². The third-order valence-corrected chi connectivity index (χ3v) is 2.49. The molecule has 0 saturated carbocycles. The number of amides is 1. The van der Waals surface area contributed by atoms with Gasteiger partial charge in [-0.3, -0.25) is 4.79 Å². The SMILES string of the molecule is CCOC(C)C(=O)NCc1ccc(F)cc1OC. The molecule has 4 nitrogen and oxygen atoms in total. The Morgan fingerprint density at radius 2 is 2.22 bits per heavy atom. The van der Waals surface area contributed by atoms with E-state index >= 15 is 0 Å². The van der Waals surface area contributed by atoms with Gasteiger partial charge in [0.15, 0.2) is 0 Å². The Hall–Kier alpha value is -1.62. The molecule has 1 aromatic rings. The average Bonchev–Trinajstić information content (AvgIpc) is 2.37. The Morgan fingerprint density at radius 3 is 2.83 bits per heavy atom. The van der Waals surface area contributed by atoms with E-state index in [9.17, 15) is 9.18 Å². The Morgan fingerprint density at radius 1 is 1.50 bits per heavy atom. The van der Waals surface area contributed by atoms with Crippen LogP contribution < -0.4 is 10.1 Å². The number of halogens is 1. The Labute approximate surface area is 106 Å². The maximum atomic E-state index is 13.0. The Kier molecular flexibility index (Phi) is 5.58. The molecule has 0 saturated heterocycles. The first-order valence-electron chi connectivity index (χ1n) is 5.80. The fraction of sp³-hybridized carbons (Fsp3) is 0.462. The van der Waals surface area contributed by atoms with Crippen molar-refractivity contribution in [2.24, 2.45) is 0 Å². The molecule has 1 aromatic carbocycles. The van der Waals surface area contributed by atoms with Crippen LogP contribution in [0.5, 0.6) is 5.75 Å². The van der Waals surface area contributed by atoms with Crippen LogP contribution in [0.15, 0.2) is 18.2 Å². The van der Waals surface area contributed by atoms with Gasteiger partial charge in [-0.1, -0.05) is 6.07 Å². The number of benzene rings is 1. The summed E-state index contributed by atoms with van der Waals surface area (Å²) in [4.78, 5) is 11.6. The van der Waals surface area contributed by atoms with Gasteiger partial charge in [0.05, 0.1) is 7.11 Å². The summed E-state index contributed by atoms with van der Waals surface area (Å²) in [6.45, 7) is 4.27. The van der Waals surface area contributed by atoms with E-state index in [1.54, 1.807) is 13.0 Å². The molecule has 5 heteroatoms. The van der Waals surface area contributed by atoms with E-state index in [1.165, 1.54) is 19.2 Å². The molecule has 1 unspecified atom stereocenters. The van der Waals surface area contributed by atoms with Crippen molar-refractivity contribution in [3.8, 4) is 5.75 Å². The van der Waals surface area contributed by atoms with Crippen LogP contribution in [0, 0.1) is 5.82 Å². The van der Waals surface area contributed by atoms with Crippen molar-refractivity contribution in [1.82, 2.24) is 5.32 Å². The van der Waals surface area contributed by atoms with E-state index in [0.29, 0.717) is 12.4 Å². The normalized spacial score (nSPS) is 12.0. The summed E-state index contributed by atoms with van der Waals surface area (Å²) in [5.74, 6) is -0.160. The summed E-state index contributed by atoms with van der Waals surface area (Å²) in [6, 6.07) is 4.20. The highest BCUT2D eigenvalue weighted by atomic mass is 19.1. The number of nitrogens with one attached hydrogen (secondary N) is 1. The predicted molar refractivity (Wildman–Crippen MR) is 65.9 cm³/mol. The average molecular weight is 255 g/mol. The lowest BCUT2D eigenvalue weighted by molar-refractivity contribution is -0.131. The second kappa shape index (κ2) is 6.96. The van der Waals surface area contributed by atoms with Gasteiger partial charge in [0, 0.05) is 24.8 Å². The minimum Gasteiger partial charge on any atom is -0.496 e. The van der Waals surface area contributed by atoms with Gasteiger partial charge in [-0.25, -0.2) is 4.39 Å². The third kappa shape index (κ3) is 4.00. The summed E-state index contributed by atoms with van der Waals surface area (Å²) in [7, 11) is 1.46. The zero-order valence-electron chi connectivity index (χ0n) is 10.8. The molecule has 1 amide bonds. The molecule has 0 bridgehead atoms. The second-order valence-electron chi connectivity index (χ2n) is 3.77. The predicted octanol–water partition coefficient (Wildman–Crippen LogP) is 1.88. The van der Waals surface area contributed by atoms with E-state index in [2.05, 4.69) is 5.32 Å². The molecule has 0 radical (unpaired) electrons. The van der Waals surface area contributed by atoms with Gasteiger partial charge in [-0.05, 0) is 19.9 Å². The smallest absolute Gasteiger partial charge is 0.249 e. The van der Waals surface area contributed by atoms with Crippen LogP contribution in [-0.2, 0) is 16.1 Å². The molecular formula is C13H18FNO3. The number of carbonyl (C=O) groups is 1. The van der Waals surface area contributed by atoms with E-state index in [0.717, 1.165) is 5.56 Å². The number of rotatable bonds is 6. The number of methoxy groups -OCH3 is 1. The number of hydrogen-bond donors (Lipinski definition) is 1. The minimum absolute atomic E-state index is 0.205. The molecule has 0 aliphatic rings. The van der Waals surface area contributed by atoms with Crippen LogP contribution in [0.4, 0.5) is 4.39 Å². The maximum Gasteiger partial charge on any atom is 0.249 e. The zero-order valence-corrected chi connectivity index (χ0v) is 10.8. The highest BCUT2D eigenvalue weighted by Crippen LogP contribution is 2.19. The van der Waals surface area contributed by atoms with Crippen molar-refractivity contribution in [3.63, 3.8) is 0 Å². The molecule has 1 N–H and O–H groups in total. The summed E-state index contributed by atoms with van der Waals surface area (Å²) in [5.41, 5.74) is 0.718. The lowest BCUT2D eigenvalue weighted by Crippen LogP contribution is -2.34. The molecular weight excluding hydrogens is 237 g/mol. The summed E-state index contributed by atoms with van der Waals surface area (Å²) < 4.78 is 23.2. The second-order valence-corrected chi connectivity index (χ2v) is 3.77. The number of carbonyl (C=O) groups excluding carboxylic acids is 1. The summed E-state index contributed by atoms with van der Waals surface area (Å²) in [6.07, 6.45) is -0.499. The molecule has 0 spiro atoms. The lowest BCUT2D eigenvalue weighted by Gasteiger charge is -2.13. The van der Waals surface area contributed by atoms with Gasteiger partial charge in [-0.15, -0.1) is 0 Å². The largest absolute Gasteiger partial charge is 0.496 e. The highest BCUT2D eigenvalue weighted by Gasteiger charge is 2.13. The van der Waals surface area contributed by atoms with Gasteiger partial charge in [0.1, 0.15) is 17.7 Å². The van der Waals surface area contributed by atoms with E-state index < -0.39 is 6.10 Å². The van der Waals surface area contributed by atoms with E-state index in [4.69, 9.17) is 9.47 Å². The number of ether oxygens (including phenoxy) is 2. The van der Waals surface area contributed by atoms with Crippen LogP contribution in [0.3, 0.4) is 0 Å². The fourth-order valence-electron chi connectivity index (χ4n) is 1.52. The van der Waals surface area contributed by atoms with Gasteiger partial charge >= 0.3 is 0 Å². The molecule has 100 valence electrons. The molecule has 0 heterocycles. The van der Waals surface area contributed by atoms with E-state index in [1.807, 2.05) is 6.92 Å². The van der Waals surface area contributed by atoms with E-state index in [-0.39, 0.29) is 18.3 Å². The van der Waals surface area contributed by atoms with Crippen molar-refractivity contribution >= 4 is 5.91 Å². The van der Waals surface area contributed by atoms with Crippen LogP contribution in [0.1, 0.15) is 19.4 Å². The van der Waals surface area contributed by atoms with Crippen molar-refractivity contribution in [2.75, 3.05) is 13.7 Å². The molecule has 1 rings (SSSR count). The van der Waals surface area contributed by atoms with Crippen LogP contribution >= 0.6 is 0 Å². The quantitative estimate of drug-likeness (QED) is 0.844. The van der Waals surface area contributed by atoms with Crippen LogP contribution in [0.25, 0.3) is 0 Å². The minimum atomic E-state index is -0.499. The maximum absolute atomic E-state index is 13.0. The van der Waals surface area contributed by atoms with Crippen molar-refractivity contribution in [2.45, 2.75) is 26.5 Å². The summed E-state index contributed by atoms with van der Waals surface area (Å²) in [5, 5.41) is 2.71. The summed E-state index contributed by atoms with van der Waals surface area (Å²) >= 11 is 0. The Bertz CT molecular complexity index is 409. The fourth-order valence-corrected chi connectivity index (χ4v) is 1.52. The van der Waals surface area contributed by atoms with Gasteiger partial charge < -0.3 is 14.8 Å². The zero-order chi connectivity index (χ0) is 13.5. The molecule has 0 aliphatic heterocycles. The molecule has 1 atom stereocenters. The molecule has 0 aromatic heterocycles. The van der Waals surface area contributed by atoms with Crippen molar-refractivity contribution < 1.29 is 18.7 Å². The Balaban J connectivity index is 2.60. The topological polar surface area (TPSA) is 47.6 Å². The monoisotopic (exact) mass is 255 g/mol. The van der Waals surface area contributed by atoms with Gasteiger partial charge in [0.2, 0.25) is 5.91 Å². The first kappa shape index (κ1) is 14.4. The van der Waals surface area contributed by atoms with Gasteiger partial charge in [0.25, 0.3) is 0 Å². The molecule has 18 heavy (non-hydrogen) atoms. The highest BCUT2D eigenvalue weighted by molar-refractivity contribution is 5.80. The first-order chi connectivity index (χ1) is 8.58. The lowest BCUT2D eigenvalue weighted by atomic mass is 10.2. The van der Waals surface area contributed by atoms with Crippen molar-refractivity contribution in [3.05, 3.63) is 29.6 Å². The molecule has 0 fully saturated rings. The third-order valence-electron chi connectivity index (χ3n) is 2.49. The molecule has 0 aliphatic carbocycles.